The molecule has 0 bridgehead atoms. The minimum atomic E-state index is -1.10. The lowest BCUT2D eigenvalue weighted by Crippen LogP contribution is -2.57. The van der Waals surface area contributed by atoms with Crippen molar-refractivity contribution < 1.29 is 24.2 Å². The predicted molar refractivity (Wildman–Crippen MR) is 122 cm³/mol. The van der Waals surface area contributed by atoms with E-state index in [0.29, 0.717) is 19.5 Å². The summed E-state index contributed by atoms with van der Waals surface area (Å²) in [5.41, 5.74) is 3.47. The van der Waals surface area contributed by atoms with Crippen molar-refractivity contribution in [1.29, 1.82) is 0 Å². The second-order valence-corrected chi connectivity index (χ2v) is 9.54. The molecule has 1 heterocycles. The number of aliphatic carboxylic acids is 1. The molecule has 2 fully saturated rings. The Labute approximate surface area is 192 Å². The number of hydrogen-bond acceptors (Lipinski definition) is 4. The molecule has 172 valence electrons. The third-order valence-corrected chi connectivity index (χ3v) is 7.67. The van der Waals surface area contributed by atoms with Gasteiger partial charge in [-0.2, -0.15) is 0 Å². The standard InChI is InChI=1S/C26H28N2O5/c1-3-26(2,24(31)28-12-19-20(13-28)22(19)23(29)30)27-25(32)33-14-21-17-10-6-4-8-15(17)16-9-5-7-11-18(16)21/h4-11,19-22H,3,12-14H2,1-2H3,(H,27,32)(H,29,30). The molecule has 1 saturated heterocycles. The molecule has 7 heteroatoms. The zero-order valence-electron chi connectivity index (χ0n) is 18.8. The summed E-state index contributed by atoms with van der Waals surface area (Å²) in [5, 5.41) is 12.0. The van der Waals surface area contributed by atoms with Crippen LogP contribution in [0.2, 0.25) is 0 Å². The molecule has 5 rings (SSSR count). The van der Waals surface area contributed by atoms with Crippen molar-refractivity contribution in [2.24, 2.45) is 17.8 Å². The molecule has 0 spiro atoms. The van der Waals surface area contributed by atoms with E-state index in [2.05, 4.69) is 29.6 Å². The first-order valence-corrected chi connectivity index (χ1v) is 11.5. The number of benzene rings is 2. The van der Waals surface area contributed by atoms with Crippen molar-refractivity contribution in [2.75, 3.05) is 19.7 Å². The Bertz CT molecular complexity index is 1070. The van der Waals surface area contributed by atoms with Crippen molar-refractivity contribution in [3.63, 3.8) is 0 Å². The van der Waals surface area contributed by atoms with E-state index >= 15 is 0 Å². The predicted octanol–water partition coefficient (Wildman–Crippen LogP) is 3.48. The van der Waals surface area contributed by atoms with E-state index in [1.165, 1.54) is 0 Å². The number of fused-ring (bicyclic) bond motifs is 4. The van der Waals surface area contributed by atoms with Crippen LogP contribution in [0.4, 0.5) is 4.79 Å². The van der Waals surface area contributed by atoms with E-state index in [-0.39, 0.29) is 36.2 Å². The fourth-order valence-electron chi connectivity index (χ4n) is 5.56. The number of nitrogens with one attached hydrogen (secondary N) is 1. The highest BCUT2D eigenvalue weighted by Crippen LogP contribution is 2.52. The van der Waals surface area contributed by atoms with Crippen LogP contribution in [0.3, 0.4) is 0 Å². The van der Waals surface area contributed by atoms with Crippen LogP contribution in [0.15, 0.2) is 48.5 Å². The van der Waals surface area contributed by atoms with Gasteiger partial charge in [0.2, 0.25) is 5.91 Å². The van der Waals surface area contributed by atoms with Gasteiger partial charge in [-0.3, -0.25) is 9.59 Å². The number of amides is 2. The van der Waals surface area contributed by atoms with E-state index in [4.69, 9.17) is 4.74 Å². The van der Waals surface area contributed by atoms with Crippen LogP contribution >= 0.6 is 0 Å². The second kappa shape index (κ2) is 7.90. The molecular formula is C26H28N2O5. The maximum Gasteiger partial charge on any atom is 0.408 e. The lowest BCUT2D eigenvalue weighted by Gasteiger charge is -2.33. The first-order chi connectivity index (χ1) is 15.8. The number of piperidine rings is 1. The smallest absolute Gasteiger partial charge is 0.408 e. The van der Waals surface area contributed by atoms with Crippen molar-refractivity contribution in [3.8, 4) is 11.1 Å². The topological polar surface area (TPSA) is 95.9 Å². The molecule has 3 unspecified atom stereocenters. The highest BCUT2D eigenvalue weighted by atomic mass is 16.5. The maximum absolute atomic E-state index is 13.2. The molecule has 33 heavy (non-hydrogen) atoms. The van der Waals surface area contributed by atoms with Crippen LogP contribution in [0, 0.1) is 17.8 Å². The van der Waals surface area contributed by atoms with Gasteiger partial charge in [0.1, 0.15) is 12.1 Å². The number of alkyl carbamates (subject to hydrolysis) is 1. The molecule has 0 aromatic heterocycles. The summed E-state index contributed by atoms with van der Waals surface area (Å²) in [6.45, 7) is 4.60. The average molecular weight is 449 g/mol. The Morgan fingerprint density at radius 2 is 1.58 bits per heavy atom. The van der Waals surface area contributed by atoms with Gasteiger partial charge < -0.3 is 20.1 Å². The summed E-state index contributed by atoms with van der Waals surface area (Å²) in [4.78, 5) is 38.8. The number of likely N-dealkylation sites (tertiary alicyclic amines) is 1. The van der Waals surface area contributed by atoms with Gasteiger partial charge in [-0.25, -0.2) is 4.79 Å². The minimum Gasteiger partial charge on any atom is -0.481 e. The number of ether oxygens (including phenoxy) is 1. The fourth-order valence-corrected chi connectivity index (χ4v) is 5.56. The van der Waals surface area contributed by atoms with Gasteiger partial charge in [-0.15, -0.1) is 0 Å². The summed E-state index contributed by atoms with van der Waals surface area (Å²) in [5.74, 6) is -1.30. The zero-order chi connectivity index (χ0) is 23.3. The molecule has 7 nitrogen and oxygen atoms in total. The fraction of sp³-hybridized carbons (Fsp3) is 0.423. The van der Waals surface area contributed by atoms with E-state index in [1.807, 2.05) is 31.2 Å². The van der Waals surface area contributed by atoms with E-state index in [1.54, 1.807) is 11.8 Å². The van der Waals surface area contributed by atoms with Gasteiger partial charge in [0, 0.05) is 19.0 Å². The summed E-state index contributed by atoms with van der Waals surface area (Å²) < 4.78 is 5.63. The Hall–Kier alpha value is -3.35. The number of carboxylic acid groups (broad SMARTS) is 1. The van der Waals surface area contributed by atoms with Gasteiger partial charge >= 0.3 is 12.1 Å². The molecule has 3 aliphatic rings. The van der Waals surface area contributed by atoms with Crippen LogP contribution in [-0.2, 0) is 14.3 Å². The lowest BCUT2D eigenvalue weighted by molar-refractivity contribution is -0.142. The Balaban J connectivity index is 1.23. The number of hydrogen-bond donors (Lipinski definition) is 2. The van der Waals surface area contributed by atoms with Crippen molar-refractivity contribution in [1.82, 2.24) is 10.2 Å². The average Bonchev–Trinajstić information content (AvgIpc) is 3.17. The number of carbonyl (C=O) groups excluding carboxylic acids is 2. The molecule has 0 radical (unpaired) electrons. The number of nitrogens with zero attached hydrogens (tertiary/aromatic N) is 1. The van der Waals surface area contributed by atoms with Gasteiger partial charge in [0.05, 0.1) is 5.92 Å². The minimum absolute atomic E-state index is 0.0296. The SMILES string of the molecule is CCC(C)(NC(=O)OCC1c2ccccc2-c2ccccc21)C(=O)N1CC2C(C1)C2C(=O)O. The number of rotatable bonds is 6. The highest BCUT2D eigenvalue weighted by molar-refractivity contribution is 5.90. The van der Waals surface area contributed by atoms with Gasteiger partial charge in [0.25, 0.3) is 0 Å². The quantitative estimate of drug-likeness (QED) is 0.705. The van der Waals surface area contributed by atoms with E-state index in [0.717, 1.165) is 22.3 Å². The summed E-state index contributed by atoms with van der Waals surface area (Å²) in [6, 6.07) is 16.3. The maximum atomic E-state index is 13.2. The van der Waals surface area contributed by atoms with E-state index in [9.17, 15) is 19.5 Å². The van der Waals surface area contributed by atoms with Crippen LogP contribution < -0.4 is 5.32 Å². The number of carboxylic acids is 1. The first kappa shape index (κ1) is 21.5. The summed E-state index contributed by atoms with van der Waals surface area (Å²) in [6.07, 6.45) is -0.216. The van der Waals surface area contributed by atoms with E-state index < -0.39 is 17.6 Å². The molecular weight excluding hydrogens is 420 g/mol. The number of carbonyl (C=O) groups is 3. The third-order valence-electron chi connectivity index (χ3n) is 7.67. The largest absolute Gasteiger partial charge is 0.481 e. The summed E-state index contributed by atoms with van der Waals surface area (Å²) in [7, 11) is 0. The molecule has 2 amide bonds. The lowest BCUT2D eigenvalue weighted by atomic mass is 9.96. The Kier molecular flexibility index (Phi) is 5.15. The van der Waals surface area contributed by atoms with Crippen molar-refractivity contribution in [2.45, 2.75) is 31.7 Å². The Morgan fingerprint density at radius 1 is 1.03 bits per heavy atom. The van der Waals surface area contributed by atoms with Crippen molar-refractivity contribution >= 4 is 18.0 Å². The van der Waals surface area contributed by atoms with Gasteiger partial charge in [-0.1, -0.05) is 55.5 Å². The molecule has 2 aromatic carbocycles. The third kappa shape index (κ3) is 3.56. The van der Waals surface area contributed by atoms with Crippen LogP contribution in [0.5, 0.6) is 0 Å². The normalized spacial score (nSPS) is 24.3. The van der Waals surface area contributed by atoms with Gasteiger partial charge in [0.15, 0.2) is 0 Å². The van der Waals surface area contributed by atoms with Gasteiger partial charge in [-0.05, 0) is 47.4 Å². The van der Waals surface area contributed by atoms with Crippen LogP contribution in [0.25, 0.3) is 11.1 Å². The second-order valence-electron chi connectivity index (χ2n) is 9.54. The van der Waals surface area contributed by atoms with Crippen molar-refractivity contribution in [3.05, 3.63) is 59.7 Å². The monoisotopic (exact) mass is 448 g/mol. The Morgan fingerprint density at radius 3 is 2.09 bits per heavy atom. The molecule has 3 atom stereocenters. The molecule has 1 aliphatic heterocycles. The first-order valence-electron chi connectivity index (χ1n) is 11.5. The molecule has 1 saturated carbocycles. The highest BCUT2D eigenvalue weighted by Gasteiger charge is 2.61. The zero-order valence-corrected chi connectivity index (χ0v) is 18.8. The van der Waals surface area contributed by atoms with Crippen LogP contribution in [-0.4, -0.2) is 53.2 Å². The molecule has 2 aliphatic carbocycles. The summed E-state index contributed by atoms with van der Waals surface area (Å²) >= 11 is 0. The van der Waals surface area contributed by atoms with Crippen LogP contribution in [0.1, 0.15) is 37.3 Å². The molecule has 2 aromatic rings. The molecule has 2 N–H and O–H groups in total.